The van der Waals surface area contributed by atoms with Gasteiger partial charge in [-0.05, 0) is 24.6 Å². The molecule has 0 atom stereocenters. The zero-order valence-corrected chi connectivity index (χ0v) is 9.58. The maximum absolute atomic E-state index is 10.3. The van der Waals surface area contributed by atoms with Crippen LogP contribution in [0.4, 0.5) is 11.4 Å². The molecule has 3 nitrogen and oxygen atoms in total. The molecule has 82 valence electrons. The highest BCUT2D eigenvalue weighted by atomic mass is 16.1. The van der Waals surface area contributed by atoms with Crippen LogP contribution in [0.1, 0.15) is 12.0 Å². The highest BCUT2D eigenvalue weighted by Gasteiger charge is 2.05. The molecule has 0 bridgehead atoms. The van der Waals surface area contributed by atoms with Crippen molar-refractivity contribution < 1.29 is 4.79 Å². The summed E-state index contributed by atoms with van der Waals surface area (Å²) in [4.78, 5) is 12.4. The van der Waals surface area contributed by atoms with Crippen molar-refractivity contribution in [3.05, 3.63) is 23.8 Å². The van der Waals surface area contributed by atoms with Crippen molar-refractivity contribution in [2.75, 3.05) is 30.9 Å². The van der Waals surface area contributed by atoms with Crippen molar-refractivity contribution >= 4 is 17.7 Å². The third kappa shape index (κ3) is 2.98. The van der Waals surface area contributed by atoms with E-state index in [-0.39, 0.29) is 0 Å². The summed E-state index contributed by atoms with van der Waals surface area (Å²) in [6.45, 7) is 2.82. The van der Waals surface area contributed by atoms with Gasteiger partial charge in [-0.2, -0.15) is 0 Å². The summed E-state index contributed by atoms with van der Waals surface area (Å²) in [7, 11) is 3.90. The van der Waals surface area contributed by atoms with Crippen molar-refractivity contribution in [3.63, 3.8) is 0 Å². The lowest BCUT2D eigenvalue weighted by molar-refractivity contribution is -0.107. The first-order valence-corrected chi connectivity index (χ1v) is 5.12. The zero-order chi connectivity index (χ0) is 11.3. The Morgan fingerprint density at radius 1 is 1.47 bits per heavy atom. The number of aryl methyl sites for hydroxylation is 1. The summed E-state index contributed by atoms with van der Waals surface area (Å²) in [6.07, 6.45) is 1.51. The fraction of sp³-hybridized carbons (Fsp3) is 0.417. The fourth-order valence-electron chi connectivity index (χ4n) is 1.54. The van der Waals surface area contributed by atoms with Crippen molar-refractivity contribution in [3.8, 4) is 0 Å². The van der Waals surface area contributed by atoms with Gasteiger partial charge >= 0.3 is 0 Å². The van der Waals surface area contributed by atoms with Crippen LogP contribution in [0.5, 0.6) is 0 Å². The summed E-state index contributed by atoms with van der Waals surface area (Å²) in [5, 5.41) is 3.15. The maximum Gasteiger partial charge on any atom is 0.121 e. The molecule has 0 fully saturated rings. The molecule has 0 amide bonds. The zero-order valence-electron chi connectivity index (χ0n) is 9.58. The molecule has 1 N–H and O–H groups in total. The molecule has 0 spiro atoms. The van der Waals surface area contributed by atoms with Gasteiger partial charge in [0.15, 0.2) is 0 Å². The lowest BCUT2D eigenvalue weighted by Gasteiger charge is -2.21. The number of carbonyl (C=O) groups excluding carboxylic acids is 1. The predicted molar refractivity (Wildman–Crippen MR) is 64.7 cm³/mol. The molecule has 0 heterocycles. The van der Waals surface area contributed by atoms with Gasteiger partial charge < -0.3 is 15.0 Å². The van der Waals surface area contributed by atoms with Gasteiger partial charge in [0.05, 0.1) is 11.4 Å². The van der Waals surface area contributed by atoms with Crippen molar-refractivity contribution in [1.29, 1.82) is 0 Å². The van der Waals surface area contributed by atoms with E-state index in [1.807, 2.05) is 14.1 Å². The Balaban J connectivity index is 2.89. The van der Waals surface area contributed by atoms with Crippen LogP contribution in [0, 0.1) is 6.92 Å². The minimum Gasteiger partial charge on any atom is -0.386 e. The molecule has 0 unspecified atom stereocenters. The van der Waals surface area contributed by atoms with Gasteiger partial charge in [0.1, 0.15) is 6.29 Å². The Morgan fingerprint density at radius 2 is 2.20 bits per heavy atom. The highest BCUT2D eigenvalue weighted by Crippen LogP contribution is 2.25. The second-order valence-corrected chi connectivity index (χ2v) is 3.65. The lowest BCUT2D eigenvalue weighted by Crippen LogP contribution is -2.20. The standard InChI is InChI=1S/C12H18N2O/c1-10-5-6-11(13-2)12(9-10)14(3)7-4-8-15/h5-6,8-9,13H,4,7H2,1-3H3. The first-order chi connectivity index (χ1) is 7.19. The Bertz CT molecular complexity index is 336. The molecule has 1 rings (SSSR count). The molecule has 0 aliphatic rings. The average molecular weight is 206 g/mol. The molecular formula is C12H18N2O. The van der Waals surface area contributed by atoms with E-state index in [2.05, 4.69) is 35.3 Å². The molecule has 1 aromatic rings. The van der Waals surface area contributed by atoms with Crippen LogP contribution in [0.2, 0.25) is 0 Å². The smallest absolute Gasteiger partial charge is 0.121 e. The maximum atomic E-state index is 10.3. The Labute approximate surface area is 91.1 Å². The topological polar surface area (TPSA) is 32.3 Å². The number of benzene rings is 1. The summed E-state index contributed by atoms with van der Waals surface area (Å²) < 4.78 is 0. The molecule has 0 aromatic heterocycles. The number of hydrogen-bond acceptors (Lipinski definition) is 3. The number of hydrogen-bond donors (Lipinski definition) is 1. The first-order valence-electron chi connectivity index (χ1n) is 5.12. The van der Waals surface area contributed by atoms with Crippen molar-refractivity contribution in [2.45, 2.75) is 13.3 Å². The molecule has 1 aromatic carbocycles. The largest absolute Gasteiger partial charge is 0.386 e. The number of rotatable bonds is 5. The monoisotopic (exact) mass is 206 g/mol. The van der Waals surface area contributed by atoms with Crippen LogP contribution in [0.25, 0.3) is 0 Å². The first kappa shape index (κ1) is 11.6. The molecular weight excluding hydrogens is 188 g/mol. The van der Waals surface area contributed by atoms with Crippen LogP contribution in [0.3, 0.4) is 0 Å². The van der Waals surface area contributed by atoms with E-state index in [0.29, 0.717) is 6.42 Å². The van der Waals surface area contributed by atoms with Crippen LogP contribution in [-0.4, -0.2) is 26.9 Å². The Morgan fingerprint density at radius 3 is 2.80 bits per heavy atom. The molecule has 0 saturated heterocycles. The van der Waals surface area contributed by atoms with Gasteiger partial charge in [0.25, 0.3) is 0 Å². The van der Waals surface area contributed by atoms with E-state index >= 15 is 0 Å². The number of aldehydes is 1. The molecule has 0 saturated carbocycles. The quantitative estimate of drug-likeness (QED) is 0.748. The number of carbonyl (C=O) groups is 1. The minimum absolute atomic E-state index is 0.563. The second kappa shape index (κ2) is 5.39. The fourth-order valence-corrected chi connectivity index (χ4v) is 1.54. The van der Waals surface area contributed by atoms with Gasteiger partial charge in [-0.25, -0.2) is 0 Å². The number of anilines is 2. The number of nitrogens with one attached hydrogen (secondary N) is 1. The van der Waals surface area contributed by atoms with Gasteiger partial charge in [-0.3, -0.25) is 0 Å². The third-order valence-electron chi connectivity index (χ3n) is 2.42. The molecule has 0 aliphatic heterocycles. The van der Waals surface area contributed by atoms with E-state index < -0.39 is 0 Å². The summed E-state index contributed by atoms with van der Waals surface area (Å²) in [5.41, 5.74) is 3.45. The van der Waals surface area contributed by atoms with E-state index in [4.69, 9.17) is 0 Å². The van der Waals surface area contributed by atoms with Crippen LogP contribution < -0.4 is 10.2 Å². The summed E-state index contributed by atoms with van der Waals surface area (Å²) in [5.74, 6) is 0. The minimum atomic E-state index is 0.563. The van der Waals surface area contributed by atoms with E-state index in [1.165, 1.54) is 5.56 Å². The Kier molecular flexibility index (Phi) is 4.16. The molecule has 0 aliphatic carbocycles. The summed E-state index contributed by atoms with van der Waals surface area (Å²) >= 11 is 0. The van der Waals surface area contributed by atoms with Crippen molar-refractivity contribution in [2.24, 2.45) is 0 Å². The van der Waals surface area contributed by atoms with Gasteiger partial charge in [0.2, 0.25) is 0 Å². The Hall–Kier alpha value is -1.51. The summed E-state index contributed by atoms with van der Waals surface area (Å²) in [6, 6.07) is 6.25. The third-order valence-corrected chi connectivity index (χ3v) is 2.42. The van der Waals surface area contributed by atoms with E-state index in [1.54, 1.807) is 0 Å². The molecule has 0 radical (unpaired) electrons. The highest BCUT2D eigenvalue weighted by molar-refractivity contribution is 5.70. The lowest BCUT2D eigenvalue weighted by atomic mass is 10.1. The predicted octanol–water partition coefficient (Wildman–Crippen LogP) is 2.06. The van der Waals surface area contributed by atoms with Crippen LogP contribution in [0.15, 0.2) is 18.2 Å². The number of nitrogens with zero attached hydrogens (tertiary/aromatic N) is 1. The van der Waals surface area contributed by atoms with Gasteiger partial charge in [0, 0.05) is 27.1 Å². The van der Waals surface area contributed by atoms with Crippen LogP contribution in [-0.2, 0) is 4.79 Å². The molecule has 15 heavy (non-hydrogen) atoms. The molecule has 3 heteroatoms. The van der Waals surface area contributed by atoms with E-state index in [0.717, 1.165) is 24.2 Å². The average Bonchev–Trinajstić information content (AvgIpc) is 2.25. The second-order valence-electron chi connectivity index (χ2n) is 3.65. The SMILES string of the molecule is CNc1ccc(C)cc1N(C)CCC=O. The van der Waals surface area contributed by atoms with Crippen molar-refractivity contribution in [1.82, 2.24) is 0 Å². The van der Waals surface area contributed by atoms with E-state index in [9.17, 15) is 4.79 Å². The normalized spacial score (nSPS) is 9.80. The van der Waals surface area contributed by atoms with Gasteiger partial charge in [-0.1, -0.05) is 6.07 Å². The van der Waals surface area contributed by atoms with Crippen LogP contribution >= 0.6 is 0 Å². The van der Waals surface area contributed by atoms with Gasteiger partial charge in [-0.15, -0.1) is 0 Å².